The van der Waals surface area contributed by atoms with Crippen LogP contribution in [0.1, 0.15) is 31.1 Å². The summed E-state index contributed by atoms with van der Waals surface area (Å²) in [5, 5.41) is 5.86. The van der Waals surface area contributed by atoms with Crippen molar-refractivity contribution in [3.8, 4) is 0 Å². The van der Waals surface area contributed by atoms with E-state index in [9.17, 15) is 4.79 Å². The number of hydrogen-bond acceptors (Lipinski definition) is 3. The van der Waals surface area contributed by atoms with E-state index in [2.05, 4.69) is 29.5 Å². The molecule has 16 heavy (non-hydrogen) atoms. The Kier molecular flexibility index (Phi) is 4.28. The molecule has 1 aromatic heterocycles. The number of aromatic nitrogens is 1. The lowest BCUT2D eigenvalue weighted by Crippen LogP contribution is -2.36. The molecule has 2 N–H and O–H groups in total. The van der Waals surface area contributed by atoms with Gasteiger partial charge in [-0.05, 0) is 25.0 Å². The van der Waals surface area contributed by atoms with Crippen LogP contribution in [-0.4, -0.2) is 24.0 Å². The molecule has 1 unspecified atom stereocenters. The molecule has 88 valence electrons. The molecule has 0 aromatic carbocycles. The predicted molar refractivity (Wildman–Crippen MR) is 65.5 cm³/mol. The van der Waals surface area contributed by atoms with Gasteiger partial charge in [0.15, 0.2) is 0 Å². The molecule has 0 saturated carbocycles. The normalized spacial score (nSPS) is 12.3. The average Bonchev–Trinajstić information content (AvgIpc) is 2.28. The van der Waals surface area contributed by atoms with Gasteiger partial charge in [0.05, 0.1) is 0 Å². The van der Waals surface area contributed by atoms with Gasteiger partial charge in [0, 0.05) is 24.8 Å². The molecule has 1 aromatic rings. The quantitative estimate of drug-likeness (QED) is 0.816. The van der Waals surface area contributed by atoms with Gasteiger partial charge in [-0.1, -0.05) is 13.8 Å². The van der Waals surface area contributed by atoms with Crippen molar-refractivity contribution in [2.45, 2.75) is 26.8 Å². The highest BCUT2D eigenvalue weighted by Gasteiger charge is 2.12. The van der Waals surface area contributed by atoms with Crippen LogP contribution in [0.15, 0.2) is 18.3 Å². The number of pyridine rings is 1. The van der Waals surface area contributed by atoms with E-state index in [0.717, 1.165) is 0 Å². The zero-order valence-corrected chi connectivity index (χ0v) is 10.2. The molecule has 0 saturated heterocycles. The summed E-state index contributed by atoms with van der Waals surface area (Å²) in [6, 6.07) is 3.62. The van der Waals surface area contributed by atoms with Gasteiger partial charge in [-0.25, -0.2) is 4.98 Å². The number of carbonyl (C=O) groups excluding carboxylic acids is 1. The molecule has 0 aliphatic carbocycles. The van der Waals surface area contributed by atoms with Crippen LogP contribution in [0.5, 0.6) is 0 Å². The maximum atomic E-state index is 11.9. The van der Waals surface area contributed by atoms with E-state index in [1.54, 1.807) is 25.4 Å². The summed E-state index contributed by atoms with van der Waals surface area (Å²) < 4.78 is 0. The minimum atomic E-state index is -0.0555. The molecule has 0 aliphatic rings. The summed E-state index contributed by atoms with van der Waals surface area (Å²) >= 11 is 0. The number of rotatable bonds is 4. The number of nitrogens with zero attached hydrogens (tertiary/aromatic N) is 1. The van der Waals surface area contributed by atoms with Gasteiger partial charge in [0.2, 0.25) is 0 Å². The topological polar surface area (TPSA) is 54.0 Å². The zero-order valence-electron chi connectivity index (χ0n) is 10.2. The first-order valence-corrected chi connectivity index (χ1v) is 5.49. The van der Waals surface area contributed by atoms with Crippen LogP contribution < -0.4 is 10.6 Å². The van der Waals surface area contributed by atoms with Crippen LogP contribution in [0.4, 0.5) is 5.82 Å². The van der Waals surface area contributed by atoms with E-state index in [4.69, 9.17) is 0 Å². The Bertz CT molecular complexity index is 363. The fraction of sp³-hybridized carbons (Fsp3) is 0.500. The molecule has 0 radical (unpaired) electrons. The number of nitrogens with one attached hydrogen (secondary N) is 2. The Morgan fingerprint density at radius 1 is 1.38 bits per heavy atom. The highest BCUT2D eigenvalue weighted by molar-refractivity contribution is 5.94. The molecule has 0 aliphatic heterocycles. The fourth-order valence-electron chi connectivity index (χ4n) is 1.17. The average molecular weight is 221 g/mol. The Balaban J connectivity index is 2.72. The van der Waals surface area contributed by atoms with E-state index in [1.165, 1.54) is 0 Å². The van der Waals surface area contributed by atoms with Crippen LogP contribution >= 0.6 is 0 Å². The Morgan fingerprint density at radius 2 is 2.06 bits per heavy atom. The minimum Gasteiger partial charge on any atom is -0.373 e. The van der Waals surface area contributed by atoms with Crippen molar-refractivity contribution in [2.24, 2.45) is 5.92 Å². The van der Waals surface area contributed by atoms with Crippen LogP contribution in [-0.2, 0) is 0 Å². The lowest BCUT2D eigenvalue weighted by molar-refractivity contribution is 0.0930. The van der Waals surface area contributed by atoms with E-state index in [1.807, 2.05) is 6.92 Å². The zero-order chi connectivity index (χ0) is 12.1. The Labute approximate surface area is 96.5 Å². The van der Waals surface area contributed by atoms with Crippen molar-refractivity contribution in [3.63, 3.8) is 0 Å². The van der Waals surface area contributed by atoms with Gasteiger partial charge in [-0.2, -0.15) is 0 Å². The van der Waals surface area contributed by atoms with Crippen LogP contribution in [0.3, 0.4) is 0 Å². The maximum absolute atomic E-state index is 11.9. The third-order valence-corrected chi connectivity index (χ3v) is 2.64. The molecule has 4 heteroatoms. The number of amides is 1. The van der Waals surface area contributed by atoms with Crippen molar-refractivity contribution >= 4 is 11.7 Å². The molecular formula is C12H19N3O. The summed E-state index contributed by atoms with van der Waals surface area (Å²) in [6.07, 6.45) is 1.63. The van der Waals surface area contributed by atoms with Gasteiger partial charge in [0.25, 0.3) is 5.91 Å². The van der Waals surface area contributed by atoms with Gasteiger partial charge in [-0.15, -0.1) is 0 Å². The highest BCUT2D eigenvalue weighted by atomic mass is 16.1. The van der Waals surface area contributed by atoms with E-state index in [0.29, 0.717) is 17.3 Å². The minimum absolute atomic E-state index is 0.0555. The summed E-state index contributed by atoms with van der Waals surface area (Å²) in [7, 11) is 1.78. The molecule has 0 bridgehead atoms. The van der Waals surface area contributed by atoms with Crippen molar-refractivity contribution in [1.82, 2.24) is 10.3 Å². The van der Waals surface area contributed by atoms with Gasteiger partial charge in [-0.3, -0.25) is 4.79 Å². The molecule has 1 heterocycles. The van der Waals surface area contributed by atoms with Crippen LogP contribution in [0, 0.1) is 5.92 Å². The third-order valence-electron chi connectivity index (χ3n) is 2.64. The standard InChI is InChI=1S/C12H19N3O/c1-8(2)9(3)15-12(16)10-5-6-14-11(7-10)13-4/h5-9H,1-4H3,(H,13,14)(H,15,16). The first kappa shape index (κ1) is 12.5. The molecule has 4 nitrogen and oxygen atoms in total. The molecular weight excluding hydrogens is 202 g/mol. The largest absolute Gasteiger partial charge is 0.373 e. The first-order chi connectivity index (χ1) is 7.54. The van der Waals surface area contributed by atoms with Crippen molar-refractivity contribution in [2.75, 3.05) is 12.4 Å². The second-order valence-corrected chi connectivity index (χ2v) is 4.19. The molecule has 0 spiro atoms. The molecule has 1 amide bonds. The monoisotopic (exact) mass is 221 g/mol. The second-order valence-electron chi connectivity index (χ2n) is 4.19. The number of anilines is 1. The first-order valence-electron chi connectivity index (χ1n) is 5.49. The summed E-state index contributed by atoms with van der Waals surface area (Å²) in [6.45, 7) is 6.16. The van der Waals surface area contributed by atoms with Gasteiger partial charge in [0.1, 0.15) is 5.82 Å². The molecule has 1 atom stereocenters. The SMILES string of the molecule is CNc1cc(C(=O)NC(C)C(C)C)ccn1. The number of carbonyl (C=O) groups is 1. The Hall–Kier alpha value is -1.58. The van der Waals surface area contributed by atoms with E-state index >= 15 is 0 Å². The second kappa shape index (κ2) is 5.49. The lowest BCUT2D eigenvalue weighted by atomic mass is 10.1. The third kappa shape index (κ3) is 3.22. The fourth-order valence-corrected chi connectivity index (χ4v) is 1.17. The Morgan fingerprint density at radius 3 is 2.62 bits per heavy atom. The lowest BCUT2D eigenvalue weighted by Gasteiger charge is -2.17. The van der Waals surface area contributed by atoms with Crippen LogP contribution in [0.2, 0.25) is 0 Å². The molecule has 1 rings (SSSR count). The van der Waals surface area contributed by atoms with Crippen LogP contribution in [0.25, 0.3) is 0 Å². The van der Waals surface area contributed by atoms with Crippen molar-refractivity contribution < 1.29 is 4.79 Å². The van der Waals surface area contributed by atoms with Gasteiger partial charge >= 0.3 is 0 Å². The number of hydrogen-bond donors (Lipinski definition) is 2. The summed E-state index contributed by atoms with van der Waals surface area (Å²) in [5.74, 6) is 1.07. The van der Waals surface area contributed by atoms with Gasteiger partial charge < -0.3 is 10.6 Å². The smallest absolute Gasteiger partial charge is 0.251 e. The summed E-state index contributed by atoms with van der Waals surface area (Å²) in [5.41, 5.74) is 0.631. The predicted octanol–water partition coefficient (Wildman–Crippen LogP) is 1.90. The van der Waals surface area contributed by atoms with Crippen molar-refractivity contribution in [1.29, 1.82) is 0 Å². The van der Waals surface area contributed by atoms with E-state index < -0.39 is 0 Å². The highest BCUT2D eigenvalue weighted by Crippen LogP contribution is 2.07. The van der Waals surface area contributed by atoms with Crippen molar-refractivity contribution in [3.05, 3.63) is 23.9 Å². The molecule has 0 fully saturated rings. The van der Waals surface area contributed by atoms with E-state index in [-0.39, 0.29) is 11.9 Å². The maximum Gasteiger partial charge on any atom is 0.251 e. The summed E-state index contributed by atoms with van der Waals surface area (Å²) in [4.78, 5) is 15.9.